The lowest BCUT2D eigenvalue weighted by Crippen LogP contribution is -2.10. The van der Waals surface area contributed by atoms with E-state index in [9.17, 15) is 14.7 Å². The Morgan fingerprint density at radius 1 is 1.24 bits per heavy atom. The van der Waals surface area contributed by atoms with Crippen molar-refractivity contribution in [2.45, 2.75) is 13.8 Å². The van der Waals surface area contributed by atoms with Crippen LogP contribution in [0, 0.1) is 13.8 Å². The molecule has 0 aliphatic carbocycles. The molecule has 2 rings (SSSR count). The summed E-state index contributed by atoms with van der Waals surface area (Å²) in [6, 6.07) is 2.90. The molecule has 21 heavy (non-hydrogen) atoms. The normalized spacial score (nSPS) is 10.8. The summed E-state index contributed by atoms with van der Waals surface area (Å²) in [5.41, 5.74) is 1.06. The number of ether oxygens (including phenoxy) is 2. The number of carboxylic acid groups (broad SMARTS) is 1. The van der Waals surface area contributed by atoms with E-state index in [1.807, 2.05) is 0 Å². The van der Waals surface area contributed by atoms with E-state index in [2.05, 4.69) is 0 Å². The average Bonchev–Trinajstić information content (AvgIpc) is 2.44. The number of aryl methyl sites for hydroxylation is 1. The third-order valence-corrected chi connectivity index (χ3v) is 3.33. The largest absolute Gasteiger partial charge is 0.490 e. The van der Waals surface area contributed by atoms with Crippen LogP contribution in [0.3, 0.4) is 0 Å². The van der Waals surface area contributed by atoms with Crippen molar-refractivity contribution in [2.75, 3.05) is 20.3 Å². The Labute approximate surface area is 120 Å². The average molecular weight is 292 g/mol. The molecular formula is C15H16O6. The lowest BCUT2D eigenvalue weighted by atomic mass is 10.0. The van der Waals surface area contributed by atoms with E-state index in [0.717, 1.165) is 0 Å². The van der Waals surface area contributed by atoms with Crippen molar-refractivity contribution < 1.29 is 23.8 Å². The summed E-state index contributed by atoms with van der Waals surface area (Å²) in [7, 11) is 1.52. The van der Waals surface area contributed by atoms with Crippen LogP contribution in [-0.2, 0) is 4.74 Å². The van der Waals surface area contributed by atoms with Gasteiger partial charge in [0, 0.05) is 24.1 Å². The third kappa shape index (κ3) is 2.90. The molecule has 0 saturated carbocycles. The summed E-state index contributed by atoms with van der Waals surface area (Å²) < 4.78 is 15.4. The quantitative estimate of drug-likeness (QED) is 0.671. The first-order chi connectivity index (χ1) is 9.95. The van der Waals surface area contributed by atoms with Crippen molar-refractivity contribution in [1.82, 2.24) is 0 Å². The summed E-state index contributed by atoms with van der Waals surface area (Å²) in [4.78, 5) is 23.1. The summed E-state index contributed by atoms with van der Waals surface area (Å²) in [5.74, 6) is -0.953. The van der Waals surface area contributed by atoms with E-state index in [-0.39, 0.29) is 17.9 Å². The molecule has 0 aliphatic rings. The zero-order chi connectivity index (χ0) is 15.6. The van der Waals surface area contributed by atoms with Crippen LogP contribution in [-0.4, -0.2) is 31.4 Å². The molecule has 0 radical (unpaired) electrons. The zero-order valence-corrected chi connectivity index (χ0v) is 12.1. The van der Waals surface area contributed by atoms with Crippen LogP contribution < -0.4 is 10.4 Å². The van der Waals surface area contributed by atoms with Gasteiger partial charge in [-0.2, -0.15) is 0 Å². The lowest BCUT2D eigenvalue weighted by Gasteiger charge is -2.11. The van der Waals surface area contributed by atoms with Crippen LogP contribution in [0.5, 0.6) is 5.75 Å². The van der Waals surface area contributed by atoms with Gasteiger partial charge in [0.2, 0.25) is 0 Å². The number of hydrogen-bond donors (Lipinski definition) is 1. The Balaban J connectivity index is 2.63. The zero-order valence-electron chi connectivity index (χ0n) is 12.1. The second-order valence-corrected chi connectivity index (χ2v) is 4.63. The third-order valence-electron chi connectivity index (χ3n) is 3.33. The van der Waals surface area contributed by atoms with Crippen molar-refractivity contribution in [2.24, 2.45) is 0 Å². The molecule has 0 bridgehead atoms. The predicted octanol–water partition coefficient (Wildman–Crippen LogP) is 2.13. The maximum absolute atomic E-state index is 11.7. The predicted molar refractivity (Wildman–Crippen MR) is 76.3 cm³/mol. The van der Waals surface area contributed by atoms with Crippen LogP contribution in [0.1, 0.15) is 21.5 Å². The molecule has 112 valence electrons. The van der Waals surface area contributed by atoms with Gasteiger partial charge in [0.15, 0.2) is 0 Å². The number of methoxy groups -OCH3 is 1. The van der Waals surface area contributed by atoms with Crippen LogP contribution in [0.4, 0.5) is 0 Å². The van der Waals surface area contributed by atoms with E-state index in [1.165, 1.54) is 19.2 Å². The van der Waals surface area contributed by atoms with Gasteiger partial charge < -0.3 is 19.0 Å². The first-order valence-corrected chi connectivity index (χ1v) is 6.38. The van der Waals surface area contributed by atoms with Crippen molar-refractivity contribution in [1.29, 1.82) is 0 Å². The van der Waals surface area contributed by atoms with Crippen LogP contribution >= 0.6 is 0 Å². The molecule has 0 amide bonds. The maximum Gasteiger partial charge on any atom is 0.339 e. The number of fused-ring (bicyclic) bond motifs is 1. The minimum absolute atomic E-state index is 0.0231. The number of rotatable bonds is 5. The Kier molecular flexibility index (Phi) is 4.28. The topological polar surface area (TPSA) is 86.0 Å². The Hall–Kier alpha value is -2.34. The summed E-state index contributed by atoms with van der Waals surface area (Å²) >= 11 is 0. The fraction of sp³-hybridized carbons (Fsp3) is 0.333. The molecule has 0 atom stereocenters. The number of benzene rings is 1. The van der Waals surface area contributed by atoms with E-state index in [0.29, 0.717) is 28.7 Å². The first kappa shape index (κ1) is 15.1. The van der Waals surface area contributed by atoms with Gasteiger partial charge in [-0.05, 0) is 25.5 Å². The number of hydrogen-bond acceptors (Lipinski definition) is 5. The molecule has 0 unspecified atom stereocenters. The van der Waals surface area contributed by atoms with Gasteiger partial charge in [0.25, 0.3) is 0 Å². The van der Waals surface area contributed by atoms with Gasteiger partial charge in [-0.1, -0.05) is 0 Å². The summed E-state index contributed by atoms with van der Waals surface area (Å²) in [6.07, 6.45) is 0. The highest BCUT2D eigenvalue weighted by molar-refractivity contribution is 5.97. The van der Waals surface area contributed by atoms with Crippen molar-refractivity contribution in [3.8, 4) is 5.75 Å². The van der Waals surface area contributed by atoms with Crippen molar-refractivity contribution >= 4 is 16.9 Å². The van der Waals surface area contributed by atoms with Gasteiger partial charge >= 0.3 is 11.6 Å². The fourth-order valence-corrected chi connectivity index (χ4v) is 1.99. The smallest absolute Gasteiger partial charge is 0.339 e. The van der Waals surface area contributed by atoms with Crippen molar-refractivity contribution in [3.05, 3.63) is 39.2 Å². The summed E-state index contributed by atoms with van der Waals surface area (Å²) in [6.45, 7) is 3.93. The molecule has 0 aliphatic heterocycles. The monoisotopic (exact) mass is 292 g/mol. The highest BCUT2D eigenvalue weighted by Crippen LogP contribution is 2.28. The number of carbonyl (C=O) groups is 1. The minimum Gasteiger partial charge on any atom is -0.490 e. The Morgan fingerprint density at radius 2 is 1.95 bits per heavy atom. The van der Waals surface area contributed by atoms with Crippen LogP contribution in [0.25, 0.3) is 11.0 Å². The van der Waals surface area contributed by atoms with Gasteiger partial charge in [-0.15, -0.1) is 0 Å². The molecule has 1 aromatic carbocycles. The Bertz CT molecular complexity index is 744. The van der Waals surface area contributed by atoms with Gasteiger partial charge in [0.05, 0.1) is 6.61 Å². The summed E-state index contributed by atoms with van der Waals surface area (Å²) in [5, 5.41) is 9.88. The second-order valence-electron chi connectivity index (χ2n) is 4.63. The van der Waals surface area contributed by atoms with Crippen LogP contribution in [0.15, 0.2) is 21.3 Å². The highest BCUT2D eigenvalue weighted by atomic mass is 16.5. The fourth-order valence-electron chi connectivity index (χ4n) is 1.99. The number of aromatic carboxylic acids is 1. The molecule has 0 saturated heterocycles. The van der Waals surface area contributed by atoms with E-state index < -0.39 is 11.6 Å². The van der Waals surface area contributed by atoms with Gasteiger partial charge in [-0.3, -0.25) is 0 Å². The molecule has 1 aromatic heterocycles. The standard InChI is InChI=1S/C15H16O6/c1-8-9(2)15(18)21-13-7-12(20-5-4-19-3)11(14(16)17)6-10(8)13/h6-7H,4-5H2,1-3H3,(H,16,17). The van der Waals surface area contributed by atoms with E-state index in [1.54, 1.807) is 13.8 Å². The van der Waals surface area contributed by atoms with Gasteiger partial charge in [0.1, 0.15) is 23.5 Å². The van der Waals surface area contributed by atoms with Crippen molar-refractivity contribution in [3.63, 3.8) is 0 Å². The van der Waals surface area contributed by atoms with Gasteiger partial charge in [-0.25, -0.2) is 9.59 Å². The Morgan fingerprint density at radius 3 is 2.57 bits per heavy atom. The molecule has 0 fully saturated rings. The molecule has 0 spiro atoms. The SMILES string of the molecule is COCCOc1cc2oc(=O)c(C)c(C)c2cc1C(=O)O. The highest BCUT2D eigenvalue weighted by Gasteiger charge is 2.17. The first-order valence-electron chi connectivity index (χ1n) is 6.38. The molecular weight excluding hydrogens is 276 g/mol. The number of carboxylic acids is 1. The van der Waals surface area contributed by atoms with E-state index >= 15 is 0 Å². The second kappa shape index (κ2) is 5.97. The van der Waals surface area contributed by atoms with Crippen LogP contribution in [0.2, 0.25) is 0 Å². The molecule has 2 aromatic rings. The molecule has 1 N–H and O–H groups in total. The van der Waals surface area contributed by atoms with E-state index in [4.69, 9.17) is 13.9 Å². The lowest BCUT2D eigenvalue weighted by molar-refractivity contribution is 0.0690. The maximum atomic E-state index is 11.7. The minimum atomic E-state index is -1.10. The molecule has 6 nitrogen and oxygen atoms in total. The molecule has 6 heteroatoms. The molecule has 1 heterocycles.